The van der Waals surface area contributed by atoms with Crippen LogP contribution in [0.2, 0.25) is 0 Å². The average molecular weight is 183 g/mol. The smallest absolute Gasteiger partial charge is 0.333 e. The molecule has 0 amide bonds. The Morgan fingerprint density at radius 3 is 2.77 bits per heavy atom. The first-order valence-corrected chi connectivity index (χ1v) is 4.42. The molecular weight excluding hydrogens is 166 g/mol. The minimum absolute atomic E-state index is 0.232. The average Bonchev–Trinajstić information content (AvgIpc) is 2.11. The second-order valence-corrected chi connectivity index (χ2v) is 2.97. The molecule has 3 nitrogen and oxygen atoms in total. The molecule has 0 fully saturated rings. The molecule has 13 heavy (non-hydrogen) atoms. The van der Waals surface area contributed by atoms with Crippen LogP contribution in [0.5, 0.6) is 0 Å². The summed E-state index contributed by atoms with van der Waals surface area (Å²) in [6, 6.07) is 0.295. The number of carbonyl (C=O) groups excluding carboxylic acids is 1. The number of nitrogens with zero attached hydrogens (tertiary/aromatic N) is 1. The van der Waals surface area contributed by atoms with Crippen LogP contribution in [0.15, 0.2) is 17.1 Å². The van der Waals surface area contributed by atoms with Crippen molar-refractivity contribution < 1.29 is 9.53 Å². The summed E-state index contributed by atoms with van der Waals surface area (Å²) in [4.78, 5) is 15.0. The molecule has 1 unspecified atom stereocenters. The van der Waals surface area contributed by atoms with Crippen molar-refractivity contribution >= 4 is 12.2 Å². The summed E-state index contributed by atoms with van der Waals surface area (Å²) in [6.45, 7) is 9.39. The van der Waals surface area contributed by atoms with Crippen LogP contribution in [-0.2, 0) is 9.53 Å². The predicted molar refractivity (Wildman–Crippen MR) is 54.0 cm³/mol. The highest BCUT2D eigenvalue weighted by molar-refractivity contribution is 5.87. The number of carbonyl (C=O) groups is 1. The summed E-state index contributed by atoms with van der Waals surface area (Å²) in [5.74, 6) is -0.365. The van der Waals surface area contributed by atoms with Crippen LogP contribution in [0.3, 0.4) is 0 Å². The number of ether oxygens (including phenoxy) is 1. The highest BCUT2D eigenvalue weighted by atomic mass is 16.5. The molecule has 3 heteroatoms. The molecule has 0 aromatic carbocycles. The van der Waals surface area contributed by atoms with Crippen molar-refractivity contribution in [3.05, 3.63) is 12.2 Å². The lowest BCUT2D eigenvalue weighted by molar-refractivity contribution is -0.137. The van der Waals surface area contributed by atoms with Gasteiger partial charge in [0.2, 0.25) is 0 Å². The minimum atomic E-state index is -0.365. The van der Waals surface area contributed by atoms with Gasteiger partial charge in [0, 0.05) is 17.8 Å². The van der Waals surface area contributed by atoms with Crippen LogP contribution in [0, 0.1) is 0 Å². The number of hydrogen-bond donors (Lipinski definition) is 0. The van der Waals surface area contributed by atoms with Gasteiger partial charge in [-0.05, 0) is 20.3 Å². The van der Waals surface area contributed by atoms with Gasteiger partial charge in [0.1, 0.15) is 6.61 Å². The van der Waals surface area contributed by atoms with E-state index in [-0.39, 0.29) is 12.6 Å². The van der Waals surface area contributed by atoms with Crippen LogP contribution in [0.1, 0.15) is 27.2 Å². The first-order valence-electron chi connectivity index (χ1n) is 4.42. The number of aliphatic imine (C=N–C) groups is 1. The molecule has 0 aliphatic heterocycles. The SMILES string of the molecule is C=C(C)C(=O)OCC=NC(C)CC. The van der Waals surface area contributed by atoms with E-state index >= 15 is 0 Å². The molecular formula is C10H17NO2. The third kappa shape index (κ3) is 6.08. The van der Waals surface area contributed by atoms with Gasteiger partial charge in [0.05, 0.1) is 0 Å². The molecule has 0 aromatic heterocycles. The predicted octanol–water partition coefficient (Wildman–Crippen LogP) is 1.97. The summed E-state index contributed by atoms with van der Waals surface area (Å²) in [5.41, 5.74) is 0.414. The van der Waals surface area contributed by atoms with Crippen LogP contribution >= 0.6 is 0 Å². The van der Waals surface area contributed by atoms with Crippen molar-refractivity contribution in [2.45, 2.75) is 33.2 Å². The Kier molecular flexibility index (Phi) is 5.85. The second-order valence-electron chi connectivity index (χ2n) is 2.97. The zero-order valence-electron chi connectivity index (χ0n) is 8.54. The molecule has 0 radical (unpaired) electrons. The minimum Gasteiger partial charge on any atom is -0.457 e. The van der Waals surface area contributed by atoms with Gasteiger partial charge >= 0.3 is 5.97 Å². The molecule has 0 saturated heterocycles. The fourth-order valence-electron chi connectivity index (χ4n) is 0.565. The maximum Gasteiger partial charge on any atom is 0.333 e. The van der Waals surface area contributed by atoms with Crippen molar-refractivity contribution in [1.29, 1.82) is 0 Å². The monoisotopic (exact) mass is 183 g/mol. The third-order valence-corrected chi connectivity index (χ3v) is 1.59. The van der Waals surface area contributed by atoms with Gasteiger partial charge in [-0.2, -0.15) is 0 Å². The summed E-state index contributed by atoms with van der Waals surface area (Å²) in [5, 5.41) is 0. The Balaban J connectivity index is 3.61. The molecule has 0 heterocycles. The number of esters is 1. The van der Waals surface area contributed by atoms with Gasteiger partial charge in [-0.3, -0.25) is 4.99 Å². The quantitative estimate of drug-likeness (QED) is 0.371. The highest BCUT2D eigenvalue weighted by Crippen LogP contribution is 1.94. The molecule has 0 aromatic rings. The summed E-state index contributed by atoms with van der Waals surface area (Å²) >= 11 is 0. The van der Waals surface area contributed by atoms with E-state index in [1.807, 2.05) is 6.92 Å². The number of rotatable bonds is 5. The fraction of sp³-hybridized carbons (Fsp3) is 0.600. The van der Waals surface area contributed by atoms with Gasteiger partial charge in [0.25, 0.3) is 0 Å². The lowest BCUT2D eigenvalue weighted by Gasteiger charge is -2.01. The van der Waals surface area contributed by atoms with E-state index in [9.17, 15) is 4.79 Å². The van der Waals surface area contributed by atoms with E-state index in [2.05, 4.69) is 18.5 Å². The van der Waals surface area contributed by atoms with Gasteiger partial charge in [0.15, 0.2) is 0 Å². The van der Waals surface area contributed by atoms with Gasteiger partial charge < -0.3 is 4.74 Å². The molecule has 0 rings (SSSR count). The molecule has 0 spiro atoms. The fourth-order valence-corrected chi connectivity index (χ4v) is 0.565. The lowest BCUT2D eigenvalue weighted by atomic mass is 10.3. The van der Waals surface area contributed by atoms with E-state index in [4.69, 9.17) is 4.74 Å². The van der Waals surface area contributed by atoms with Crippen LogP contribution < -0.4 is 0 Å². The largest absolute Gasteiger partial charge is 0.457 e. The topological polar surface area (TPSA) is 38.7 Å². The summed E-state index contributed by atoms with van der Waals surface area (Å²) in [7, 11) is 0. The van der Waals surface area contributed by atoms with Crippen molar-refractivity contribution in [3.8, 4) is 0 Å². The summed E-state index contributed by atoms with van der Waals surface area (Å²) in [6.07, 6.45) is 2.61. The van der Waals surface area contributed by atoms with Crippen LogP contribution in [0.25, 0.3) is 0 Å². The van der Waals surface area contributed by atoms with Crippen molar-refractivity contribution in [2.75, 3.05) is 6.61 Å². The Labute approximate surface area is 79.5 Å². The zero-order valence-corrected chi connectivity index (χ0v) is 8.54. The number of hydrogen-bond acceptors (Lipinski definition) is 3. The van der Waals surface area contributed by atoms with Crippen molar-refractivity contribution in [1.82, 2.24) is 0 Å². The van der Waals surface area contributed by atoms with Gasteiger partial charge in [-0.25, -0.2) is 4.79 Å². The molecule has 0 bridgehead atoms. The zero-order chi connectivity index (χ0) is 10.3. The Bertz CT molecular complexity index is 209. The third-order valence-electron chi connectivity index (χ3n) is 1.59. The molecule has 0 N–H and O–H groups in total. The van der Waals surface area contributed by atoms with E-state index in [1.54, 1.807) is 13.1 Å². The molecule has 1 atom stereocenters. The second kappa shape index (κ2) is 6.40. The lowest BCUT2D eigenvalue weighted by Crippen LogP contribution is -2.07. The van der Waals surface area contributed by atoms with E-state index in [1.165, 1.54) is 0 Å². The molecule has 0 saturated carbocycles. The van der Waals surface area contributed by atoms with Crippen molar-refractivity contribution in [2.24, 2.45) is 4.99 Å². The molecule has 0 aliphatic rings. The molecule has 0 aliphatic carbocycles. The van der Waals surface area contributed by atoms with E-state index in [0.717, 1.165) is 6.42 Å². The van der Waals surface area contributed by atoms with Crippen LogP contribution in [0.4, 0.5) is 0 Å². The Hall–Kier alpha value is -1.12. The van der Waals surface area contributed by atoms with Crippen LogP contribution in [-0.4, -0.2) is 24.8 Å². The maximum absolute atomic E-state index is 10.9. The van der Waals surface area contributed by atoms with Gasteiger partial charge in [-0.15, -0.1) is 0 Å². The normalized spacial score (nSPS) is 12.8. The van der Waals surface area contributed by atoms with Crippen molar-refractivity contribution in [3.63, 3.8) is 0 Å². The Morgan fingerprint density at radius 2 is 2.31 bits per heavy atom. The highest BCUT2D eigenvalue weighted by Gasteiger charge is 2.00. The maximum atomic E-state index is 10.9. The van der Waals surface area contributed by atoms with E-state index < -0.39 is 0 Å². The first kappa shape index (κ1) is 11.9. The first-order chi connectivity index (χ1) is 6.07. The van der Waals surface area contributed by atoms with Gasteiger partial charge in [-0.1, -0.05) is 13.5 Å². The van der Waals surface area contributed by atoms with E-state index in [0.29, 0.717) is 11.6 Å². The standard InChI is InChI=1S/C10H17NO2/c1-5-9(4)11-6-7-13-10(12)8(2)3/h6,9H,2,5,7H2,1,3-4H3. The Morgan fingerprint density at radius 1 is 1.69 bits per heavy atom. The molecule has 74 valence electrons. The summed E-state index contributed by atoms with van der Waals surface area (Å²) < 4.78 is 4.81.